The van der Waals surface area contributed by atoms with E-state index in [1.807, 2.05) is 31.2 Å². The Morgan fingerprint density at radius 1 is 1.27 bits per heavy atom. The summed E-state index contributed by atoms with van der Waals surface area (Å²) >= 11 is 0. The van der Waals surface area contributed by atoms with Crippen LogP contribution in [0.4, 0.5) is 5.69 Å². The largest absolute Gasteiger partial charge is 0.492 e. The molecule has 2 heterocycles. The summed E-state index contributed by atoms with van der Waals surface area (Å²) in [6.45, 7) is 7.71. The average Bonchev–Trinajstić information content (AvgIpc) is 3.04. The third kappa shape index (κ3) is 4.74. The van der Waals surface area contributed by atoms with Crippen LogP contribution in [0.2, 0.25) is 0 Å². The maximum Gasteiger partial charge on any atom is 0.229 e. The van der Waals surface area contributed by atoms with Crippen LogP contribution in [0.15, 0.2) is 24.3 Å². The van der Waals surface area contributed by atoms with Crippen LogP contribution < -0.4 is 10.1 Å². The maximum absolute atomic E-state index is 12.6. The number of anilines is 1. The highest BCUT2D eigenvalue weighted by molar-refractivity contribution is 5.98. The molecule has 2 fully saturated rings. The normalized spacial score (nSPS) is 21.0. The number of para-hydroxylation sites is 2. The van der Waals surface area contributed by atoms with Crippen molar-refractivity contribution in [1.82, 2.24) is 9.80 Å². The lowest BCUT2D eigenvalue weighted by molar-refractivity contribution is -0.128. The highest BCUT2D eigenvalue weighted by atomic mass is 16.5. The molecule has 0 radical (unpaired) electrons. The SMILES string of the molecule is CCOc1ccccc1NC(=O)C1CC(=O)N(CCN2CCOCC2)C1. The van der Waals surface area contributed by atoms with Gasteiger partial charge < -0.3 is 19.7 Å². The third-order valence-corrected chi connectivity index (χ3v) is 4.82. The Hall–Kier alpha value is -2.12. The molecule has 1 atom stereocenters. The Labute approximate surface area is 154 Å². The fourth-order valence-electron chi connectivity index (χ4n) is 3.34. The van der Waals surface area contributed by atoms with Gasteiger partial charge in [-0.2, -0.15) is 0 Å². The molecule has 2 saturated heterocycles. The minimum Gasteiger partial charge on any atom is -0.492 e. The fourth-order valence-corrected chi connectivity index (χ4v) is 3.34. The number of amides is 2. The first kappa shape index (κ1) is 18.7. The molecule has 0 bridgehead atoms. The van der Waals surface area contributed by atoms with Crippen molar-refractivity contribution in [3.05, 3.63) is 24.3 Å². The van der Waals surface area contributed by atoms with E-state index in [1.165, 1.54) is 0 Å². The molecule has 26 heavy (non-hydrogen) atoms. The number of hydrogen-bond acceptors (Lipinski definition) is 5. The molecule has 0 aliphatic carbocycles. The summed E-state index contributed by atoms with van der Waals surface area (Å²) in [5.74, 6) is 0.259. The first-order valence-electron chi connectivity index (χ1n) is 9.28. The molecule has 1 aromatic rings. The summed E-state index contributed by atoms with van der Waals surface area (Å²) in [5.41, 5.74) is 0.651. The lowest BCUT2D eigenvalue weighted by atomic mass is 10.1. The summed E-state index contributed by atoms with van der Waals surface area (Å²) in [7, 11) is 0. The second kappa shape index (κ2) is 9.00. The number of hydrogen-bond donors (Lipinski definition) is 1. The smallest absolute Gasteiger partial charge is 0.229 e. The highest BCUT2D eigenvalue weighted by Crippen LogP contribution is 2.26. The number of nitrogens with one attached hydrogen (secondary N) is 1. The standard InChI is InChI=1S/C19H27N3O4/c1-2-26-17-6-4-3-5-16(17)20-19(24)15-13-18(23)22(14-15)8-7-21-9-11-25-12-10-21/h3-6,15H,2,7-14H2,1H3,(H,20,24). The Bertz CT molecular complexity index is 631. The quantitative estimate of drug-likeness (QED) is 0.790. The van der Waals surface area contributed by atoms with E-state index < -0.39 is 0 Å². The van der Waals surface area contributed by atoms with Gasteiger partial charge in [0.05, 0.1) is 31.4 Å². The van der Waals surface area contributed by atoms with Crippen LogP contribution in [0.3, 0.4) is 0 Å². The molecule has 1 unspecified atom stereocenters. The second-order valence-electron chi connectivity index (χ2n) is 6.61. The molecule has 0 saturated carbocycles. The molecule has 1 aromatic carbocycles. The molecular weight excluding hydrogens is 334 g/mol. The van der Waals surface area contributed by atoms with Gasteiger partial charge >= 0.3 is 0 Å². The molecule has 2 aliphatic heterocycles. The van der Waals surface area contributed by atoms with Gasteiger partial charge in [0.25, 0.3) is 0 Å². The van der Waals surface area contributed by atoms with E-state index >= 15 is 0 Å². The third-order valence-electron chi connectivity index (χ3n) is 4.82. The van der Waals surface area contributed by atoms with Gasteiger partial charge in [0, 0.05) is 39.1 Å². The number of rotatable bonds is 7. The summed E-state index contributed by atoms with van der Waals surface area (Å²) in [6.07, 6.45) is 0.270. The van der Waals surface area contributed by atoms with Gasteiger partial charge in [-0.1, -0.05) is 12.1 Å². The van der Waals surface area contributed by atoms with Gasteiger partial charge in [-0.25, -0.2) is 0 Å². The van der Waals surface area contributed by atoms with Gasteiger partial charge in [0.2, 0.25) is 11.8 Å². The van der Waals surface area contributed by atoms with E-state index in [-0.39, 0.29) is 24.2 Å². The summed E-state index contributed by atoms with van der Waals surface area (Å²) in [5, 5.41) is 2.91. The number of benzene rings is 1. The van der Waals surface area contributed by atoms with Gasteiger partial charge in [0.1, 0.15) is 5.75 Å². The zero-order valence-electron chi connectivity index (χ0n) is 15.3. The molecule has 7 heteroatoms. The van der Waals surface area contributed by atoms with E-state index in [0.717, 1.165) is 32.8 Å². The Morgan fingerprint density at radius 2 is 2.04 bits per heavy atom. The van der Waals surface area contributed by atoms with Crippen molar-refractivity contribution < 1.29 is 19.1 Å². The number of morpholine rings is 1. The van der Waals surface area contributed by atoms with Crippen molar-refractivity contribution in [3.8, 4) is 5.75 Å². The minimum atomic E-state index is -0.318. The van der Waals surface area contributed by atoms with Crippen molar-refractivity contribution in [2.24, 2.45) is 5.92 Å². The van der Waals surface area contributed by atoms with E-state index in [9.17, 15) is 9.59 Å². The molecular formula is C19H27N3O4. The molecule has 7 nitrogen and oxygen atoms in total. The molecule has 1 N–H and O–H groups in total. The number of ether oxygens (including phenoxy) is 2. The predicted molar refractivity (Wildman–Crippen MR) is 98.2 cm³/mol. The monoisotopic (exact) mass is 361 g/mol. The predicted octanol–water partition coefficient (Wildman–Crippen LogP) is 1.20. The summed E-state index contributed by atoms with van der Waals surface area (Å²) in [4.78, 5) is 29.0. The van der Waals surface area contributed by atoms with Crippen LogP contribution in [0.25, 0.3) is 0 Å². The van der Waals surface area contributed by atoms with Crippen LogP contribution in [0.1, 0.15) is 13.3 Å². The van der Waals surface area contributed by atoms with E-state index in [1.54, 1.807) is 4.90 Å². The zero-order chi connectivity index (χ0) is 18.4. The van der Waals surface area contributed by atoms with Gasteiger partial charge in [0.15, 0.2) is 0 Å². The van der Waals surface area contributed by atoms with Crippen LogP contribution in [-0.4, -0.2) is 74.2 Å². The Morgan fingerprint density at radius 3 is 2.81 bits per heavy atom. The average molecular weight is 361 g/mol. The van der Waals surface area contributed by atoms with Crippen LogP contribution >= 0.6 is 0 Å². The van der Waals surface area contributed by atoms with E-state index in [2.05, 4.69) is 10.2 Å². The van der Waals surface area contributed by atoms with Crippen molar-refractivity contribution in [2.75, 3.05) is 57.9 Å². The number of carbonyl (C=O) groups is 2. The highest BCUT2D eigenvalue weighted by Gasteiger charge is 2.34. The van der Waals surface area contributed by atoms with E-state index in [4.69, 9.17) is 9.47 Å². The van der Waals surface area contributed by atoms with Gasteiger partial charge in [-0.05, 0) is 19.1 Å². The van der Waals surface area contributed by atoms with Crippen LogP contribution in [0, 0.1) is 5.92 Å². The molecule has 0 aromatic heterocycles. The number of likely N-dealkylation sites (tertiary alicyclic amines) is 1. The topological polar surface area (TPSA) is 71.1 Å². The van der Waals surface area contributed by atoms with Crippen LogP contribution in [0.5, 0.6) is 5.75 Å². The maximum atomic E-state index is 12.6. The van der Waals surface area contributed by atoms with Crippen molar-refractivity contribution in [1.29, 1.82) is 0 Å². The van der Waals surface area contributed by atoms with Crippen molar-refractivity contribution in [2.45, 2.75) is 13.3 Å². The Kier molecular flexibility index (Phi) is 6.46. The lowest BCUT2D eigenvalue weighted by Crippen LogP contribution is -2.42. The number of carbonyl (C=O) groups excluding carboxylic acids is 2. The molecule has 2 aliphatic rings. The van der Waals surface area contributed by atoms with E-state index in [0.29, 0.717) is 31.1 Å². The fraction of sp³-hybridized carbons (Fsp3) is 0.579. The number of nitrogens with zero attached hydrogens (tertiary/aromatic N) is 2. The zero-order valence-corrected chi connectivity index (χ0v) is 15.3. The minimum absolute atomic E-state index is 0.0523. The van der Waals surface area contributed by atoms with Crippen molar-refractivity contribution >= 4 is 17.5 Å². The van der Waals surface area contributed by atoms with Crippen LogP contribution in [-0.2, 0) is 14.3 Å². The summed E-state index contributed by atoms with van der Waals surface area (Å²) < 4.78 is 10.9. The van der Waals surface area contributed by atoms with Gasteiger partial charge in [-0.15, -0.1) is 0 Å². The second-order valence-corrected chi connectivity index (χ2v) is 6.61. The summed E-state index contributed by atoms with van der Waals surface area (Å²) in [6, 6.07) is 7.36. The first-order chi connectivity index (χ1) is 12.7. The molecule has 3 rings (SSSR count). The van der Waals surface area contributed by atoms with Crippen molar-refractivity contribution in [3.63, 3.8) is 0 Å². The lowest BCUT2D eigenvalue weighted by Gasteiger charge is -2.28. The Balaban J connectivity index is 1.52. The first-order valence-corrected chi connectivity index (χ1v) is 9.28. The molecule has 2 amide bonds. The van der Waals surface area contributed by atoms with Gasteiger partial charge in [-0.3, -0.25) is 14.5 Å². The molecule has 0 spiro atoms. The molecule has 142 valence electrons.